The van der Waals surface area contributed by atoms with Gasteiger partial charge in [0, 0.05) is 29.0 Å². The molecular weight excluding hydrogens is 254 g/mol. The highest BCUT2D eigenvalue weighted by molar-refractivity contribution is 7.99. The number of rotatable bonds is 5. The summed E-state index contributed by atoms with van der Waals surface area (Å²) in [5, 5.41) is 0.656. The van der Waals surface area contributed by atoms with Crippen LogP contribution < -0.4 is 0 Å². The van der Waals surface area contributed by atoms with Crippen molar-refractivity contribution in [1.29, 1.82) is 0 Å². The molecule has 0 saturated carbocycles. The smallest absolute Gasteiger partial charge is 0.148 e. The molecule has 0 saturated heterocycles. The van der Waals surface area contributed by atoms with Crippen molar-refractivity contribution in [3.63, 3.8) is 0 Å². The van der Waals surface area contributed by atoms with Crippen molar-refractivity contribution in [1.82, 2.24) is 4.98 Å². The molecule has 0 atom stereocenters. The van der Waals surface area contributed by atoms with Gasteiger partial charge in [0.25, 0.3) is 0 Å². The Balaban J connectivity index is 2.32. The fraction of sp³-hybridized carbons (Fsp3) is 0.444. The van der Waals surface area contributed by atoms with Gasteiger partial charge in [-0.15, -0.1) is 0 Å². The average Bonchev–Trinajstić information content (AvgIpc) is 2.11. The molecule has 0 unspecified atom stereocenters. The minimum Gasteiger partial charge on any atom is -0.260 e. The summed E-state index contributed by atoms with van der Waals surface area (Å²) in [7, 11) is -2.85. The van der Waals surface area contributed by atoms with Crippen molar-refractivity contribution >= 4 is 33.2 Å². The molecule has 0 aromatic carbocycles. The van der Waals surface area contributed by atoms with Gasteiger partial charge in [0.1, 0.15) is 9.84 Å². The second-order valence-electron chi connectivity index (χ2n) is 3.15. The number of halogens is 1. The molecule has 0 aliphatic carbocycles. The quantitative estimate of drug-likeness (QED) is 0.764. The summed E-state index contributed by atoms with van der Waals surface area (Å²) in [6.45, 7) is 0. The second-order valence-corrected chi connectivity index (χ2v) is 6.95. The lowest BCUT2D eigenvalue weighted by Crippen LogP contribution is -2.05. The maximum absolute atomic E-state index is 10.8. The van der Waals surface area contributed by atoms with Gasteiger partial charge < -0.3 is 0 Å². The van der Waals surface area contributed by atoms with Crippen molar-refractivity contribution < 1.29 is 8.42 Å². The molecule has 1 aromatic rings. The summed E-state index contributed by atoms with van der Waals surface area (Å²) in [6.07, 6.45) is 2.89. The average molecular weight is 266 g/mol. The van der Waals surface area contributed by atoms with E-state index in [0.717, 1.165) is 5.69 Å². The molecule has 6 heteroatoms. The maximum atomic E-state index is 10.8. The number of nitrogens with zero attached hydrogens (tertiary/aromatic N) is 1. The number of aromatic nitrogens is 1. The minimum atomic E-state index is -2.85. The number of pyridine rings is 1. The topological polar surface area (TPSA) is 47.0 Å². The van der Waals surface area contributed by atoms with Crippen LogP contribution in [0.2, 0.25) is 5.02 Å². The van der Waals surface area contributed by atoms with Gasteiger partial charge in [0.05, 0.1) is 11.4 Å². The number of sulfone groups is 1. The molecule has 0 N–H and O–H groups in total. The molecule has 1 heterocycles. The van der Waals surface area contributed by atoms with Gasteiger partial charge in [-0.3, -0.25) is 4.98 Å². The Kier molecular flexibility index (Phi) is 4.89. The van der Waals surface area contributed by atoms with E-state index in [-0.39, 0.29) is 5.75 Å². The normalized spacial score (nSPS) is 11.6. The first kappa shape index (κ1) is 12.8. The summed E-state index contributed by atoms with van der Waals surface area (Å²) >= 11 is 7.33. The highest BCUT2D eigenvalue weighted by atomic mass is 35.5. The Labute approximate surface area is 99.2 Å². The van der Waals surface area contributed by atoms with Gasteiger partial charge in [-0.05, 0) is 12.1 Å². The largest absolute Gasteiger partial charge is 0.260 e. The Morgan fingerprint density at radius 3 is 2.87 bits per heavy atom. The van der Waals surface area contributed by atoms with E-state index in [1.54, 1.807) is 30.1 Å². The summed E-state index contributed by atoms with van der Waals surface area (Å²) in [4.78, 5) is 4.12. The lowest BCUT2D eigenvalue weighted by Gasteiger charge is -2.00. The van der Waals surface area contributed by atoms with Crippen LogP contribution >= 0.6 is 23.4 Å². The summed E-state index contributed by atoms with van der Waals surface area (Å²) < 4.78 is 21.7. The highest BCUT2D eigenvalue weighted by Gasteiger charge is 2.02. The fourth-order valence-electron chi connectivity index (χ4n) is 0.915. The highest BCUT2D eigenvalue weighted by Crippen LogP contribution is 2.14. The molecular formula is C9H12ClNO2S2. The van der Waals surface area contributed by atoms with Crippen LogP contribution in [-0.2, 0) is 15.6 Å². The molecule has 3 nitrogen and oxygen atoms in total. The minimum absolute atomic E-state index is 0.207. The predicted octanol–water partition coefficient (Wildman–Crippen LogP) is 2.01. The van der Waals surface area contributed by atoms with Gasteiger partial charge in [-0.2, -0.15) is 11.8 Å². The fourth-order valence-corrected chi connectivity index (χ4v) is 3.29. The van der Waals surface area contributed by atoms with Crippen LogP contribution in [0.5, 0.6) is 0 Å². The summed E-state index contributed by atoms with van der Waals surface area (Å²) in [5.74, 6) is 1.49. The monoisotopic (exact) mass is 265 g/mol. The van der Waals surface area contributed by atoms with Crippen LogP contribution in [0, 0.1) is 0 Å². The van der Waals surface area contributed by atoms with E-state index in [9.17, 15) is 8.42 Å². The first-order valence-electron chi connectivity index (χ1n) is 4.33. The van der Waals surface area contributed by atoms with E-state index in [1.807, 2.05) is 0 Å². The van der Waals surface area contributed by atoms with Crippen LogP contribution in [0.15, 0.2) is 18.3 Å². The van der Waals surface area contributed by atoms with E-state index in [4.69, 9.17) is 11.6 Å². The second kappa shape index (κ2) is 5.72. The Hall–Kier alpha value is -0.260. The van der Waals surface area contributed by atoms with Crippen molar-refractivity contribution in [2.45, 2.75) is 5.75 Å². The molecule has 1 aromatic heterocycles. The molecule has 0 aliphatic rings. The van der Waals surface area contributed by atoms with Crippen LogP contribution in [0.3, 0.4) is 0 Å². The standard InChI is InChI=1S/C9H12ClNO2S2/c1-15(12,13)5-4-14-7-9-6-8(10)2-3-11-9/h2-3,6H,4-5,7H2,1H3. The van der Waals surface area contributed by atoms with E-state index in [0.29, 0.717) is 16.5 Å². The lowest BCUT2D eigenvalue weighted by atomic mass is 10.4. The van der Waals surface area contributed by atoms with Crippen LogP contribution in [0.4, 0.5) is 0 Å². The van der Waals surface area contributed by atoms with Gasteiger partial charge in [0.15, 0.2) is 0 Å². The van der Waals surface area contributed by atoms with E-state index in [2.05, 4.69) is 4.98 Å². The first-order valence-corrected chi connectivity index (χ1v) is 7.92. The zero-order valence-corrected chi connectivity index (χ0v) is 10.7. The number of hydrogen-bond donors (Lipinski definition) is 0. The summed E-state index contributed by atoms with van der Waals surface area (Å²) in [5.41, 5.74) is 0.876. The van der Waals surface area contributed by atoms with E-state index in [1.165, 1.54) is 6.26 Å². The molecule has 0 radical (unpaired) electrons. The van der Waals surface area contributed by atoms with Gasteiger partial charge >= 0.3 is 0 Å². The Bertz CT molecular complexity index is 420. The third-order valence-electron chi connectivity index (χ3n) is 1.63. The SMILES string of the molecule is CS(=O)(=O)CCSCc1cc(Cl)ccn1. The van der Waals surface area contributed by atoms with Crippen molar-refractivity contribution in [2.75, 3.05) is 17.8 Å². The first-order chi connectivity index (χ1) is 6.97. The zero-order chi connectivity index (χ0) is 11.3. The van der Waals surface area contributed by atoms with Crippen molar-refractivity contribution in [3.05, 3.63) is 29.0 Å². The van der Waals surface area contributed by atoms with Crippen molar-refractivity contribution in [2.24, 2.45) is 0 Å². The van der Waals surface area contributed by atoms with E-state index < -0.39 is 9.84 Å². The van der Waals surface area contributed by atoms with Crippen LogP contribution in [-0.4, -0.2) is 31.2 Å². The third kappa shape index (κ3) is 6.02. The zero-order valence-electron chi connectivity index (χ0n) is 8.31. The van der Waals surface area contributed by atoms with E-state index >= 15 is 0 Å². The maximum Gasteiger partial charge on any atom is 0.148 e. The van der Waals surface area contributed by atoms with Gasteiger partial charge in [0.2, 0.25) is 0 Å². The summed E-state index contributed by atoms with van der Waals surface area (Å²) in [6, 6.07) is 3.50. The molecule has 0 amide bonds. The third-order valence-corrected chi connectivity index (χ3v) is 4.06. The molecule has 0 aliphatic heterocycles. The predicted molar refractivity (Wildman–Crippen MR) is 65.1 cm³/mol. The molecule has 0 bridgehead atoms. The van der Waals surface area contributed by atoms with Crippen LogP contribution in [0.1, 0.15) is 5.69 Å². The lowest BCUT2D eigenvalue weighted by molar-refractivity contribution is 0.603. The number of hydrogen-bond acceptors (Lipinski definition) is 4. The molecule has 15 heavy (non-hydrogen) atoms. The number of thioether (sulfide) groups is 1. The van der Waals surface area contributed by atoms with Crippen LogP contribution in [0.25, 0.3) is 0 Å². The van der Waals surface area contributed by atoms with Gasteiger partial charge in [-0.25, -0.2) is 8.42 Å². The van der Waals surface area contributed by atoms with Crippen molar-refractivity contribution in [3.8, 4) is 0 Å². The molecule has 84 valence electrons. The molecule has 1 rings (SSSR count). The molecule has 0 fully saturated rings. The molecule has 0 spiro atoms. The Morgan fingerprint density at radius 1 is 1.53 bits per heavy atom. The van der Waals surface area contributed by atoms with Gasteiger partial charge in [-0.1, -0.05) is 11.6 Å². The Morgan fingerprint density at radius 2 is 2.27 bits per heavy atom.